The van der Waals surface area contributed by atoms with E-state index in [1.165, 1.54) is 4.90 Å². The molecule has 0 unspecified atom stereocenters. The number of benzene rings is 1. The van der Waals surface area contributed by atoms with E-state index in [1.54, 1.807) is 36.4 Å². The van der Waals surface area contributed by atoms with Crippen molar-refractivity contribution < 1.29 is 19.4 Å². The fourth-order valence-corrected chi connectivity index (χ4v) is 3.79. The van der Waals surface area contributed by atoms with Gasteiger partial charge in [0.25, 0.3) is 0 Å². The summed E-state index contributed by atoms with van der Waals surface area (Å²) < 4.78 is 5.82. The van der Waals surface area contributed by atoms with Crippen LogP contribution in [0.15, 0.2) is 36.4 Å². The van der Waals surface area contributed by atoms with Gasteiger partial charge in [-0.25, -0.2) is 0 Å². The Morgan fingerprint density at radius 2 is 2.23 bits per heavy atom. The molecule has 1 spiro atoms. The van der Waals surface area contributed by atoms with Gasteiger partial charge in [0.2, 0.25) is 5.91 Å². The normalized spacial score (nSPS) is 34.8. The summed E-state index contributed by atoms with van der Waals surface area (Å²) in [6.07, 6.45) is 2.98. The number of hydrogen-bond donors (Lipinski definition) is 1. The van der Waals surface area contributed by atoms with Crippen molar-refractivity contribution >= 4 is 17.6 Å². The van der Waals surface area contributed by atoms with E-state index in [1.807, 2.05) is 0 Å². The summed E-state index contributed by atoms with van der Waals surface area (Å²) in [4.78, 5) is 25.8. The van der Waals surface area contributed by atoms with Gasteiger partial charge in [-0.15, -0.1) is 0 Å². The number of rotatable bonds is 2. The number of amides is 1. The Kier molecular flexibility index (Phi) is 2.48. The number of nitrogens with zero attached hydrogens (tertiary/aromatic N) is 2. The van der Waals surface area contributed by atoms with E-state index >= 15 is 0 Å². The van der Waals surface area contributed by atoms with Gasteiger partial charge in [-0.05, 0) is 12.1 Å². The van der Waals surface area contributed by atoms with Crippen LogP contribution in [-0.4, -0.2) is 35.2 Å². The predicted octanol–water partition coefficient (Wildman–Crippen LogP) is 0.929. The quantitative estimate of drug-likeness (QED) is 0.820. The van der Waals surface area contributed by atoms with Gasteiger partial charge in [0.1, 0.15) is 17.6 Å². The fraction of sp³-hybridized carbons (Fsp3) is 0.312. The van der Waals surface area contributed by atoms with Crippen molar-refractivity contribution in [3.8, 4) is 6.07 Å². The second kappa shape index (κ2) is 4.18. The number of ether oxygens (including phenoxy) is 1. The van der Waals surface area contributed by atoms with Crippen molar-refractivity contribution in [2.75, 3.05) is 11.4 Å². The Labute approximate surface area is 126 Å². The van der Waals surface area contributed by atoms with Crippen LogP contribution in [0.4, 0.5) is 5.69 Å². The van der Waals surface area contributed by atoms with E-state index in [9.17, 15) is 20.0 Å². The van der Waals surface area contributed by atoms with Crippen LogP contribution in [-0.2, 0) is 14.3 Å². The van der Waals surface area contributed by atoms with Gasteiger partial charge in [-0.3, -0.25) is 9.59 Å². The molecule has 3 aliphatic rings. The molecule has 6 nitrogen and oxygen atoms in total. The first kappa shape index (κ1) is 13.0. The smallest absolute Gasteiger partial charge is 0.310 e. The highest BCUT2D eigenvalue weighted by atomic mass is 16.5. The number of anilines is 1. The van der Waals surface area contributed by atoms with Gasteiger partial charge in [-0.1, -0.05) is 24.3 Å². The van der Waals surface area contributed by atoms with E-state index in [0.29, 0.717) is 11.3 Å². The first-order valence-electron chi connectivity index (χ1n) is 6.98. The molecule has 110 valence electrons. The number of hydrogen-bond acceptors (Lipinski definition) is 4. The van der Waals surface area contributed by atoms with E-state index in [2.05, 4.69) is 6.07 Å². The lowest BCUT2D eigenvalue weighted by Gasteiger charge is -2.22. The minimum Gasteiger partial charge on any atom is -0.481 e. The summed E-state index contributed by atoms with van der Waals surface area (Å²) in [5.41, 5.74) is 0.00823. The minimum atomic E-state index is -1.02. The largest absolute Gasteiger partial charge is 0.481 e. The zero-order chi connectivity index (χ0) is 15.5. The molecule has 0 aromatic heterocycles. The molecule has 4 rings (SSSR count). The molecule has 6 heteroatoms. The topological polar surface area (TPSA) is 90.6 Å². The van der Waals surface area contributed by atoms with E-state index < -0.39 is 29.5 Å². The molecule has 2 saturated heterocycles. The summed E-state index contributed by atoms with van der Waals surface area (Å²) in [5.74, 6) is -2.91. The van der Waals surface area contributed by atoms with Crippen LogP contribution in [0.5, 0.6) is 0 Å². The lowest BCUT2D eigenvalue weighted by molar-refractivity contribution is -0.146. The van der Waals surface area contributed by atoms with E-state index in [-0.39, 0.29) is 12.5 Å². The molecule has 1 amide bonds. The zero-order valence-electron chi connectivity index (χ0n) is 11.5. The standard InChI is InChI=1S/C16H12N2O4/c17-7-9-3-1-2-4-10(9)18-8-16-6-5-11(22-16)12(15(20)21)13(16)14(18)19/h1-6,11-13H,8H2,(H,20,21)/t11-,12-,13+,16+/m0/s1. The van der Waals surface area contributed by atoms with Gasteiger partial charge >= 0.3 is 5.97 Å². The molecule has 3 aliphatic heterocycles. The van der Waals surface area contributed by atoms with Crippen LogP contribution in [0.25, 0.3) is 0 Å². The molecule has 1 aromatic carbocycles. The highest BCUT2D eigenvalue weighted by molar-refractivity contribution is 6.03. The lowest BCUT2D eigenvalue weighted by Crippen LogP contribution is -2.39. The number of carboxylic acid groups (broad SMARTS) is 1. The fourth-order valence-electron chi connectivity index (χ4n) is 3.79. The van der Waals surface area contributed by atoms with Crippen LogP contribution >= 0.6 is 0 Å². The Morgan fingerprint density at radius 3 is 2.95 bits per heavy atom. The van der Waals surface area contributed by atoms with Crippen LogP contribution in [0, 0.1) is 23.2 Å². The zero-order valence-corrected chi connectivity index (χ0v) is 11.5. The Balaban J connectivity index is 1.79. The minimum absolute atomic E-state index is 0.242. The maximum absolute atomic E-state index is 12.8. The Hall–Kier alpha value is -2.65. The van der Waals surface area contributed by atoms with Gasteiger partial charge in [0.05, 0.1) is 29.8 Å². The van der Waals surface area contributed by atoms with Gasteiger partial charge in [-0.2, -0.15) is 5.26 Å². The summed E-state index contributed by atoms with van der Waals surface area (Å²) in [6, 6.07) is 8.87. The average molecular weight is 296 g/mol. The van der Waals surface area contributed by atoms with Crippen molar-refractivity contribution in [3.05, 3.63) is 42.0 Å². The third-order valence-electron chi connectivity index (χ3n) is 4.70. The maximum Gasteiger partial charge on any atom is 0.310 e. The molecule has 0 radical (unpaired) electrons. The Bertz CT molecular complexity index is 766. The second-order valence-corrected chi connectivity index (χ2v) is 5.79. The first-order valence-corrected chi connectivity index (χ1v) is 6.98. The first-order chi connectivity index (χ1) is 10.6. The predicted molar refractivity (Wildman–Crippen MR) is 74.9 cm³/mol. The summed E-state index contributed by atoms with van der Waals surface area (Å²) in [5, 5.41) is 18.6. The second-order valence-electron chi connectivity index (χ2n) is 5.79. The molecule has 3 heterocycles. The van der Waals surface area contributed by atoms with Gasteiger partial charge in [0.15, 0.2) is 0 Å². The third kappa shape index (κ3) is 1.46. The average Bonchev–Trinajstić information content (AvgIpc) is 3.15. The monoisotopic (exact) mass is 296 g/mol. The number of carbonyl (C=O) groups is 2. The molecule has 22 heavy (non-hydrogen) atoms. The molecule has 2 fully saturated rings. The number of para-hydroxylation sites is 1. The molecule has 2 bridgehead atoms. The number of carboxylic acids is 1. The number of carbonyl (C=O) groups excluding carboxylic acids is 1. The SMILES string of the molecule is N#Cc1ccccc1N1C[C@@]23C=C[C@H](O2)[C@H](C(=O)O)[C@@H]3C1=O. The molecule has 0 aliphatic carbocycles. The molecule has 0 saturated carbocycles. The molecular weight excluding hydrogens is 284 g/mol. The van der Waals surface area contributed by atoms with Crippen LogP contribution in [0.1, 0.15) is 5.56 Å². The van der Waals surface area contributed by atoms with E-state index in [4.69, 9.17) is 4.74 Å². The Morgan fingerprint density at radius 1 is 1.45 bits per heavy atom. The van der Waals surface area contributed by atoms with Gasteiger partial charge in [0, 0.05) is 0 Å². The lowest BCUT2D eigenvalue weighted by atomic mass is 9.77. The number of fused-ring (bicyclic) bond motifs is 1. The van der Waals surface area contributed by atoms with Crippen LogP contribution in [0.2, 0.25) is 0 Å². The summed E-state index contributed by atoms with van der Waals surface area (Å²) in [6.45, 7) is 0.242. The molecular formula is C16H12N2O4. The van der Waals surface area contributed by atoms with E-state index in [0.717, 1.165) is 0 Å². The van der Waals surface area contributed by atoms with Gasteiger partial charge < -0.3 is 14.7 Å². The highest BCUT2D eigenvalue weighted by Crippen LogP contribution is 2.52. The van der Waals surface area contributed by atoms with Crippen molar-refractivity contribution in [2.45, 2.75) is 11.7 Å². The molecule has 4 atom stereocenters. The maximum atomic E-state index is 12.8. The summed E-state index contributed by atoms with van der Waals surface area (Å²) in [7, 11) is 0. The number of nitriles is 1. The van der Waals surface area contributed by atoms with Crippen molar-refractivity contribution in [2.24, 2.45) is 11.8 Å². The molecule has 1 N–H and O–H groups in total. The summed E-state index contributed by atoms with van der Waals surface area (Å²) >= 11 is 0. The highest BCUT2D eigenvalue weighted by Gasteiger charge is 2.67. The number of aliphatic carboxylic acids is 1. The third-order valence-corrected chi connectivity index (χ3v) is 4.70. The van der Waals surface area contributed by atoms with Crippen LogP contribution in [0.3, 0.4) is 0 Å². The van der Waals surface area contributed by atoms with Crippen LogP contribution < -0.4 is 4.90 Å². The van der Waals surface area contributed by atoms with Crippen molar-refractivity contribution in [1.29, 1.82) is 5.26 Å². The molecule has 1 aromatic rings. The van der Waals surface area contributed by atoms with Crippen molar-refractivity contribution in [3.63, 3.8) is 0 Å². The van der Waals surface area contributed by atoms with Crippen molar-refractivity contribution in [1.82, 2.24) is 0 Å².